The largest absolute Gasteiger partial charge is 0.472 e. The third kappa shape index (κ3) is 64.6. The second-order valence-corrected chi connectivity index (χ2v) is 29.1. The van der Waals surface area contributed by atoms with Gasteiger partial charge in [0.1, 0.15) is 19.3 Å². The molecule has 0 rings (SSSR count). The summed E-state index contributed by atoms with van der Waals surface area (Å²) < 4.78 is 68.0. The van der Waals surface area contributed by atoms with Gasteiger partial charge in [0.05, 0.1) is 26.4 Å². The first-order valence-electron chi connectivity index (χ1n) is 36.5. The molecule has 528 valence electrons. The first-order valence-corrected chi connectivity index (χ1v) is 39.5. The van der Waals surface area contributed by atoms with Crippen LogP contribution in [0, 0.1) is 11.8 Å². The molecule has 0 aromatic heterocycles. The molecule has 0 aromatic carbocycles. The van der Waals surface area contributed by atoms with Gasteiger partial charge in [-0.3, -0.25) is 37.3 Å². The van der Waals surface area contributed by atoms with Crippen LogP contribution < -0.4 is 0 Å². The topological polar surface area (TPSA) is 237 Å². The van der Waals surface area contributed by atoms with Crippen molar-refractivity contribution >= 4 is 39.5 Å². The van der Waals surface area contributed by atoms with Crippen LogP contribution in [0.5, 0.6) is 0 Å². The number of carbonyl (C=O) groups is 4. The van der Waals surface area contributed by atoms with E-state index in [0.29, 0.717) is 25.7 Å². The van der Waals surface area contributed by atoms with Crippen molar-refractivity contribution in [3.8, 4) is 0 Å². The van der Waals surface area contributed by atoms with Gasteiger partial charge in [0, 0.05) is 25.7 Å². The number of rotatable bonds is 69. The molecule has 3 N–H and O–H groups in total. The van der Waals surface area contributed by atoms with Crippen molar-refractivity contribution in [3.63, 3.8) is 0 Å². The fourth-order valence-corrected chi connectivity index (χ4v) is 12.2. The summed E-state index contributed by atoms with van der Waals surface area (Å²) in [6, 6.07) is 0. The molecule has 0 spiro atoms. The van der Waals surface area contributed by atoms with Gasteiger partial charge >= 0.3 is 39.5 Å². The van der Waals surface area contributed by atoms with Crippen molar-refractivity contribution in [3.05, 3.63) is 0 Å². The van der Waals surface area contributed by atoms with E-state index in [4.69, 9.17) is 37.0 Å². The van der Waals surface area contributed by atoms with Crippen molar-refractivity contribution in [1.82, 2.24) is 0 Å². The van der Waals surface area contributed by atoms with Crippen LogP contribution in [-0.2, 0) is 65.4 Å². The van der Waals surface area contributed by atoms with Crippen LogP contribution in [0.25, 0.3) is 0 Å². The summed E-state index contributed by atoms with van der Waals surface area (Å²) in [7, 11) is -9.89. The quantitative estimate of drug-likeness (QED) is 0.0222. The number of ether oxygens (including phenoxy) is 4. The fraction of sp³-hybridized carbons (Fsp3) is 0.943. The van der Waals surface area contributed by atoms with Crippen LogP contribution >= 0.6 is 15.6 Å². The number of aliphatic hydroxyl groups excluding tert-OH is 1. The van der Waals surface area contributed by atoms with Crippen LogP contribution in [0.15, 0.2) is 0 Å². The summed E-state index contributed by atoms with van der Waals surface area (Å²) in [6.07, 6.45) is 48.0. The van der Waals surface area contributed by atoms with E-state index in [9.17, 15) is 43.2 Å². The number of phosphoric ester groups is 2. The van der Waals surface area contributed by atoms with E-state index in [1.807, 2.05) is 0 Å². The zero-order valence-corrected chi connectivity index (χ0v) is 59.5. The van der Waals surface area contributed by atoms with E-state index >= 15 is 0 Å². The summed E-state index contributed by atoms with van der Waals surface area (Å²) in [6.45, 7) is 9.37. The Kier molecular flexibility index (Phi) is 60.8. The predicted octanol–water partition coefficient (Wildman–Crippen LogP) is 20.0. The molecule has 0 amide bonds. The number of phosphoric acid groups is 2. The Hall–Kier alpha value is -1.94. The first-order chi connectivity index (χ1) is 42.9. The van der Waals surface area contributed by atoms with Crippen LogP contribution in [0.1, 0.15) is 356 Å². The third-order valence-electron chi connectivity index (χ3n) is 16.2. The van der Waals surface area contributed by atoms with Gasteiger partial charge < -0.3 is 33.8 Å². The van der Waals surface area contributed by atoms with Crippen LogP contribution in [0.2, 0.25) is 0 Å². The minimum Gasteiger partial charge on any atom is -0.462 e. The van der Waals surface area contributed by atoms with Crippen molar-refractivity contribution in [2.45, 2.75) is 374 Å². The normalized spacial score (nSPS) is 14.1. The minimum absolute atomic E-state index is 0.103. The number of unbranched alkanes of at least 4 members (excludes halogenated alkanes) is 39. The average molecular weight is 1310 g/mol. The Morgan fingerprint density at radius 3 is 0.764 bits per heavy atom. The molecule has 0 saturated heterocycles. The third-order valence-corrected chi connectivity index (χ3v) is 18.1. The lowest BCUT2D eigenvalue weighted by Crippen LogP contribution is -2.30. The standard InChI is InChI=1S/C70H136O17P2/c1-7-9-11-13-14-15-16-17-18-19-20-21-22-23-24-25-26-27-28-36-42-48-54-69(74)87-66(59-81-68(73)53-47-41-35-31-29-33-39-44-50-62(3)4)61-85-89(78,79)83-57-64(71)56-82-88(76,77)84-60-65(58-80-67(72)52-46-38-12-10-8-2)86-70(75)55-49-43-37-32-30-34-40-45-51-63(5)6/h62-66,71H,7-61H2,1-6H3,(H,76,77)(H,78,79)/t64-,65+,66+/m0/s1. The van der Waals surface area contributed by atoms with E-state index in [2.05, 4.69) is 41.5 Å². The van der Waals surface area contributed by atoms with E-state index < -0.39 is 97.5 Å². The van der Waals surface area contributed by atoms with Gasteiger partial charge in [-0.2, -0.15) is 0 Å². The van der Waals surface area contributed by atoms with Crippen molar-refractivity contribution in [2.75, 3.05) is 39.6 Å². The smallest absolute Gasteiger partial charge is 0.462 e. The molecule has 0 aliphatic rings. The maximum atomic E-state index is 13.0. The molecule has 0 bridgehead atoms. The summed E-state index contributed by atoms with van der Waals surface area (Å²) in [4.78, 5) is 72.2. The first kappa shape index (κ1) is 87.1. The highest BCUT2D eigenvalue weighted by Gasteiger charge is 2.30. The van der Waals surface area contributed by atoms with Crippen LogP contribution in [0.4, 0.5) is 0 Å². The Balaban J connectivity index is 5.07. The Bertz CT molecular complexity index is 1730. The lowest BCUT2D eigenvalue weighted by Gasteiger charge is -2.21. The predicted molar refractivity (Wildman–Crippen MR) is 358 cm³/mol. The lowest BCUT2D eigenvalue weighted by molar-refractivity contribution is -0.161. The summed E-state index contributed by atoms with van der Waals surface area (Å²) in [5, 5.41) is 10.5. The molecule has 0 aliphatic heterocycles. The summed E-state index contributed by atoms with van der Waals surface area (Å²) in [5.41, 5.74) is 0. The molecule has 0 radical (unpaired) electrons. The van der Waals surface area contributed by atoms with Crippen LogP contribution in [-0.4, -0.2) is 96.7 Å². The zero-order valence-electron chi connectivity index (χ0n) is 57.7. The maximum absolute atomic E-state index is 13.0. The molecule has 89 heavy (non-hydrogen) atoms. The Labute approximate surface area is 543 Å². The van der Waals surface area contributed by atoms with Gasteiger partial charge in [0.25, 0.3) is 0 Å². The second kappa shape index (κ2) is 62.2. The van der Waals surface area contributed by atoms with Crippen molar-refractivity contribution in [1.29, 1.82) is 0 Å². The molecule has 0 aliphatic carbocycles. The summed E-state index contributed by atoms with van der Waals surface area (Å²) in [5.74, 6) is -0.696. The summed E-state index contributed by atoms with van der Waals surface area (Å²) >= 11 is 0. The fourth-order valence-electron chi connectivity index (χ4n) is 10.6. The Morgan fingerprint density at radius 1 is 0.303 bits per heavy atom. The van der Waals surface area contributed by atoms with Gasteiger partial charge in [-0.15, -0.1) is 0 Å². The second-order valence-electron chi connectivity index (χ2n) is 26.2. The van der Waals surface area contributed by atoms with E-state index in [1.165, 1.54) is 167 Å². The van der Waals surface area contributed by atoms with E-state index in [1.54, 1.807) is 0 Å². The van der Waals surface area contributed by atoms with Crippen molar-refractivity contribution in [2.24, 2.45) is 11.8 Å². The van der Waals surface area contributed by atoms with Gasteiger partial charge in [0.2, 0.25) is 0 Å². The number of hydrogen-bond donors (Lipinski definition) is 3. The monoisotopic (exact) mass is 1310 g/mol. The molecule has 0 fully saturated rings. The highest BCUT2D eigenvalue weighted by molar-refractivity contribution is 7.47. The van der Waals surface area contributed by atoms with Gasteiger partial charge in [-0.25, -0.2) is 9.13 Å². The molecule has 0 heterocycles. The van der Waals surface area contributed by atoms with E-state index in [-0.39, 0.29) is 25.7 Å². The molecule has 0 saturated carbocycles. The molecule has 0 aromatic rings. The number of carbonyl (C=O) groups excluding carboxylic acids is 4. The van der Waals surface area contributed by atoms with Crippen molar-refractivity contribution < 1.29 is 80.2 Å². The molecular weight excluding hydrogens is 1170 g/mol. The molecule has 2 unspecified atom stereocenters. The zero-order chi connectivity index (χ0) is 65.7. The maximum Gasteiger partial charge on any atom is 0.472 e. The highest BCUT2D eigenvalue weighted by atomic mass is 31.2. The molecule has 19 heteroatoms. The van der Waals surface area contributed by atoms with Gasteiger partial charge in [-0.1, -0.05) is 305 Å². The van der Waals surface area contributed by atoms with Gasteiger partial charge in [0.15, 0.2) is 12.2 Å². The molecule has 17 nitrogen and oxygen atoms in total. The Morgan fingerprint density at radius 2 is 0.517 bits per heavy atom. The SMILES string of the molecule is CCCCCCCCCCCCCCCCCCCCCCCCC(=O)O[C@H](COC(=O)CCCCCCCCCCC(C)C)COP(=O)(O)OC[C@@H](O)COP(=O)(O)OC[C@@H](COC(=O)CCCCCCC)OC(=O)CCCCCCCCCCC(C)C. The number of esters is 4. The number of hydrogen-bond acceptors (Lipinski definition) is 15. The van der Waals surface area contributed by atoms with Crippen LogP contribution in [0.3, 0.4) is 0 Å². The minimum atomic E-state index is -4.95. The highest BCUT2D eigenvalue weighted by Crippen LogP contribution is 2.45. The van der Waals surface area contributed by atoms with Gasteiger partial charge in [-0.05, 0) is 37.5 Å². The average Bonchev–Trinajstić information content (AvgIpc) is 3.52. The number of aliphatic hydroxyl groups is 1. The molecule has 5 atom stereocenters. The molecular formula is C70H136O17P2. The van der Waals surface area contributed by atoms with E-state index in [0.717, 1.165) is 108 Å². The lowest BCUT2D eigenvalue weighted by atomic mass is 10.0.